The number of rotatable bonds is 6. The molecule has 154 valence electrons. The van der Waals surface area contributed by atoms with Crippen LogP contribution in [0.5, 0.6) is 5.75 Å². The number of amides is 2. The lowest BCUT2D eigenvalue weighted by atomic mass is 10.1. The number of ether oxygens (including phenoxy) is 1. The van der Waals surface area contributed by atoms with Gasteiger partial charge in [-0.2, -0.15) is 4.98 Å². The van der Waals surface area contributed by atoms with Crippen molar-refractivity contribution < 1.29 is 14.6 Å². The maximum atomic E-state index is 13.3. The first-order valence-electron chi connectivity index (χ1n) is 9.64. The summed E-state index contributed by atoms with van der Waals surface area (Å²) >= 11 is 0. The molecule has 2 aromatic carbocycles. The SMILES string of the molecule is COc1ccc(N2Cc3cnc(Nc4ccccc4)nc3N([C@@H](C)CO)C2=O)cc1. The topological polar surface area (TPSA) is 90.8 Å². The van der Waals surface area contributed by atoms with Gasteiger partial charge in [0.25, 0.3) is 0 Å². The van der Waals surface area contributed by atoms with Gasteiger partial charge in [0.2, 0.25) is 5.95 Å². The minimum absolute atomic E-state index is 0.187. The Morgan fingerprint density at radius 1 is 1.17 bits per heavy atom. The first kappa shape index (κ1) is 19.7. The Hall–Kier alpha value is -3.65. The van der Waals surface area contributed by atoms with E-state index in [2.05, 4.69) is 15.3 Å². The third-order valence-corrected chi connectivity index (χ3v) is 4.95. The summed E-state index contributed by atoms with van der Waals surface area (Å²) in [5.41, 5.74) is 2.37. The van der Waals surface area contributed by atoms with E-state index in [0.29, 0.717) is 24.1 Å². The highest BCUT2D eigenvalue weighted by Gasteiger charge is 2.35. The number of carbonyl (C=O) groups is 1. The molecule has 2 heterocycles. The summed E-state index contributed by atoms with van der Waals surface area (Å²) in [5.74, 6) is 1.60. The lowest BCUT2D eigenvalue weighted by Gasteiger charge is -2.38. The highest BCUT2D eigenvalue weighted by Crippen LogP contribution is 2.33. The molecule has 0 saturated heterocycles. The van der Waals surface area contributed by atoms with Crippen molar-refractivity contribution in [2.24, 2.45) is 0 Å². The zero-order chi connectivity index (χ0) is 21.1. The second kappa shape index (κ2) is 8.38. The van der Waals surface area contributed by atoms with Gasteiger partial charge >= 0.3 is 6.03 Å². The van der Waals surface area contributed by atoms with Crippen LogP contribution in [0.15, 0.2) is 60.8 Å². The van der Waals surface area contributed by atoms with E-state index in [1.54, 1.807) is 37.3 Å². The molecule has 1 aliphatic rings. The number of aromatic nitrogens is 2. The first-order valence-corrected chi connectivity index (χ1v) is 9.64. The van der Waals surface area contributed by atoms with E-state index in [1.807, 2.05) is 42.5 Å². The summed E-state index contributed by atoms with van der Waals surface area (Å²) in [6.07, 6.45) is 1.72. The van der Waals surface area contributed by atoms with Gasteiger partial charge in [0.1, 0.15) is 11.6 Å². The summed E-state index contributed by atoms with van der Waals surface area (Å²) in [6.45, 7) is 1.93. The van der Waals surface area contributed by atoms with Gasteiger partial charge < -0.3 is 15.2 Å². The fourth-order valence-electron chi connectivity index (χ4n) is 3.33. The van der Waals surface area contributed by atoms with Crippen LogP contribution in [-0.4, -0.2) is 40.9 Å². The van der Waals surface area contributed by atoms with Crippen molar-refractivity contribution in [2.75, 3.05) is 28.8 Å². The van der Waals surface area contributed by atoms with E-state index in [9.17, 15) is 9.90 Å². The monoisotopic (exact) mass is 405 g/mol. The lowest BCUT2D eigenvalue weighted by molar-refractivity contribution is 0.234. The number of aliphatic hydroxyl groups excluding tert-OH is 1. The molecule has 3 aromatic rings. The van der Waals surface area contributed by atoms with Crippen LogP contribution in [0, 0.1) is 0 Å². The number of fused-ring (bicyclic) bond motifs is 1. The fraction of sp³-hybridized carbons (Fsp3) is 0.227. The van der Waals surface area contributed by atoms with Gasteiger partial charge in [0.15, 0.2) is 0 Å². The number of aliphatic hydroxyl groups is 1. The predicted molar refractivity (Wildman–Crippen MR) is 115 cm³/mol. The average Bonchev–Trinajstić information content (AvgIpc) is 2.79. The molecule has 4 rings (SSSR count). The zero-order valence-corrected chi connectivity index (χ0v) is 16.8. The van der Waals surface area contributed by atoms with E-state index in [-0.39, 0.29) is 12.6 Å². The van der Waals surface area contributed by atoms with Crippen LogP contribution in [0.4, 0.5) is 27.9 Å². The van der Waals surface area contributed by atoms with Crippen LogP contribution in [0.25, 0.3) is 0 Å². The van der Waals surface area contributed by atoms with E-state index >= 15 is 0 Å². The molecule has 1 aliphatic heterocycles. The molecule has 0 aliphatic carbocycles. The van der Waals surface area contributed by atoms with E-state index in [1.165, 1.54) is 4.90 Å². The van der Waals surface area contributed by atoms with Crippen LogP contribution in [-0.2, 0) is 6.54 Å². The van der Waals surface area contributed by atoms with E-state index < -0.39 is 6.04 Å². The minimum atomic E-state index is -0.447. The van der Waals surface area contributed by atoms with Crippen LogP contribution in [0.2, 0.25) is 0 Å². The third-order valence-electron chi connectivity index (χ3n) is 4.95. The highest BCUT2D eigenvalue weighted by molar-refractivity contribution is 6.05. The molecule has 0 saturated carbocycles. The fourth-order valence-corrected chi connectivity index (χ4v) is 3.33. The maximum absolute atomic E-state index is 13.3. The van der Waals surface area contributed by atoms with Crippen LogP contribution < -0.4 is 19.9 Å². The number of hydrogen-bond donors (Lipinski definition) is 2. The molecule has 1 atom stereocenters. The van der Waals surface area contributed by atoms with Gasteiger partial charge in [0.05, 0.1) is 26.3 Å². The molecule has 8 nitrogen and oxygen atoms in total. The molecular formula is C22H23N5O3. The van der Waals surface area contributed by atoms with Gasteiger partial charge in [-0.3, -0.25) is 9.80 Å². The number of nitrogens with one attached hydrogen (secondary N) is 1. The number of nitrogens with zero attached hydrogens (tertiary/aromatic N) is 4. The molecule has 2 amide bonds. The molecule has 8 heteroatoms. The van der Waals surface area contributed by atoms with E-state index in [0.717, 1.165) is 16.9 Å². The zero-order valence-electron chi connectivity index (χ0n) is 16.8. The molecular weight excluding hydrogens is 382 g/mol. The Balaban J connectivity index is 1.70. The molecule has 1 aromatic heterocycles. The van der Waals surface area contributed by atoms with Gasteiger partial charge in [-0.05, 0) is 43.3 Å². The molecule has 0 spiro atoms. The number of anilines is 4. The molecule has 0 unspecified atom stereocenters. The first-order chi connectivity index (χ1) is 14.6. The number of benzene rings is 2. The second-order valence-electron chi connectivity index (χ2n) is 7.00. The third kappa shape index (κ3) is 3.77. The van der Waals surface area contributed by atoms with Gasteiger partial charge in [-0.1, -0.05) is 18.2 Å². The molecule has 30 heavy (non-hydrogen) atoms. The Bertz CT molecular complexity index is 1030. The normalized spacial score (nSPS) is 14.3. The molecule has 0 radical (unpaired) electrons. The van der Waals surface area contributed by atoms with Gasteiger partial charge in [-0.25, -0.2) is 9.78 Å². The van der Waals surface area contributed by atoms with Crippen LogP contribution in [0.1, 0.15) is 12.5 Å². The average molecular weight is 405 g/mol. The number of carbonyl (C=O) groups excluding carboxylic acids is 1. The molecule has 0 fully saturated rings. The quantitative estimate of drug-likeness (QED) is 0.652. The smallest absolute Gasteiger partial charge is 0.330 e. The lowest BCUT2D eigenvalue weighted by Crippen LogP contribution is -2.52. The standard InChI is InChI=1S/C22H23N5O3/c1-15(14-28)27-20-16(12-23-21(25-20)24-17-6-4-3-5-7-17)13-26(22(27)29)18-8-10-19(30-2)11-9-18/h3-12,15,28H,13-14H2,1-2H3,(H,23,24,25)/t15-/m0/s1. The van der Waals surface area contributed by atoms with Crippen molar-refractivity contribution in [1.82, 2.24) is 9.97 Å². The summed E-state index contributed by atoms with van der Waals surface area (Å²) in [7, 11) is 1.60. The summed E-state index contributed by atoms with van der Waals surface area (Å²) in [6, 6.07) is 16.1. The van der Waals surface area contributed by atoms with Gasteiger partial charge in [0, 0.05) is 23.1 Å². The number of methoxy groups -OCH3 is 1. The number of para-hydroxylation sites is 1. The Morgan fingerprint density at radius 3 is 2.57 bits per heavy atom. The summed E-state index contributed by atoms with van der Waals surface area (Å²) in [4.78, 5) is 25.5. The minimum Gasteiger partial charge on any atom is -0.497 e. The van der Waals surface area contributed by atoms with Crippen molar-refractivity contribution in [3.63, 3.8) is 0 Å². The summed E-state index contributed by atoms with van der Waals surface area (Å²) < 4.78 is 5.20. The highest BCUT2D eigenvalue weighted by atomic mass is 16.5. The molecule has 2 N–H and O–H groups in total. The van der Waals surface area contributed by atoms with Crippen molar-refractivity contribution in [1.29, 1.82) is 0 Å². The van der Waals surface area contributed by atoms with Crippen molar-refractivity contribution in [3.05, 3.63) is 66.4 Å². The predicted octanol–water partition coefficient (Wildman–Crippen LogP) is 3.56. The Morgan fingerprint density at radius 2 is 1.90 bits per heavy atom. The summed E-state index contributed by atoms with van der Waals surface area (Å²) in [5, 5.41) is 12.9. The van der Waals surface area contributed by atoms with Crippen molar-refractivity contribution >= 4 is 29.2 Å². The Labute approximate surface area is 174 Å². The van der Waals surface area contributed by atoms with E-state index in [4.69, 9.17) is 4.74 Å². The van der Waals surface area contributed by atoms with Crippen molar-refractivity contribution in [3.8, 4) is 5.75 Å². The molecule has 0 bridgehead atoms. The second-order valence-corrected chi connectivity index (χ2v) is 7.00. The Kier molecular flexibility index (Phi) is 5.49. The van der Waals surface area contributed by atoms with Crippen LogP contribution in [0.3, 0.4) is 0 Å². The van der Waals surface area contributed by atoms with Gasteiger partial charge in [-0.15, -0.1) is 0 Å². The number of hydrogen-bond acceptors (Lipinski definition) is 6. The maximum Gasteiger partial charge on any atom is 0.330 e. The largest absolute Gasteiger partial charge is 0.497 e. The van der Waals surface area contributed by atoms with Crippen molar-refractivity contribution in [2.45, 2.75) is 19.5 Å². The van der Waals surface area contributed by atoms with Crippen LogP contribution >= 0.6 is 0 Å². The number of urea groups is 1.